The van der Waals surface area contributed by atoms with Crippen molar-refractivity contribution >= 4 is 5.82 Å². The summed E-state index contributed by atoms with van der Waals surface area (Å²) in [5.74, 6) is 2.69. The average Bonchev–Trinajstić information content (AvgIpc) is 3.12. The number of rotatable bonds is 5. The lowest BCUT2D eigenvalue weighted by atomic mass is 10.2. The number of pyridine rings is 1. The Hall–Kier alpha value is -2.31. The fourth-order valence-corrected chi connectivity index (χ4v) is 3.21. The summed E-state index contributed by atoms with van der Waals surface area (Å²) < 4.78 is 16.5. The van der Waals surface area contributed by atoms with Gasteiger partial charge in [0.05, 0.1) is 12.7 Å². The third kappa shape index (κ3) is 3.70. The van der Waals surface area contributed by atoms with Gasteiger partial charge in [0.2, 0.25) is 6.79 Å². The zero-order chi connectivity index (χ0) is 17.1. The van der Waals surface area contributed by atoms with Crippen LogP contribution in [0.15, 0.2) is 36.5 Å². The number of aromatic nitrogens is 1. The number of ether oxygens (including phenoxy) is 3. The molecule has 1 atom stereocenters. The smallest absolute Gasteiger partial charge is 0.231 e. The van der Waals surface area contributed by atoms with Crippen molar-refractivity contribution in [2.24, 2.45) is 0 Å². The zero-order valence-electron chi connectivity index (χ0n) is 14.4. The third-order valence-corrected chi connectivity index (χ3v) is 4.50. The van der Waals surface area contributed by atoms with Gasteiger partial charge in [0.15, 0.2) is 11.5 Å². The van der Waals surface area contributed by atoms with Crippen molar-refractivity contribution in [1.82, 2.24) is 10.3 Å². The molecule has 0 spiro atoms. The highest BCUT2D eigenvalue weighted by atomic mass is 16.7. The van der Waals surface area contributed by atoms with E-state index in [1.807, 2.05) is 18.3 Å². The van der Waals surface area contributed by atoms with Gasteiger partial charge in [-0.3, -0.25) is 0 Å². The lowest BCUT2D eigenvalue weighted by molar-refractivity contribution is 0.0529. The van der Waals surface area contributed by atoms with E-state index in [-0.39, 0.29) is 6.10 Å². The standard InChI is InChI=1S/C19H23N3O3/c1-14-12-22(7-8-23-14)18-6-5-15(10-21-18)9-20-11-16-3-2-4-17-19(16)25-13-24-17/h2-6,10,14,20H,7-9,11-13H2,1H3/t14-/m0/s1. The Morgan fingerprint density at radius 3 is 3.00 bits per heavy atom. The van der Waals surface area contributed by atoms with Crippen molar-refractivity contribution in [1.29, 1.82) is 0 Å². The Labute approximate surface area is 147 Å². The summed E-state index contributed by atoms with van der Waals surface area (Å²) in [6, 6.07) is 10.2. The molecule has 132 valence electrons. The summed E-state index contributed by atoms with van der Waals surface area (Å²) in [4.78, 5) is 6.88. The molecule has 2 aliphatic heterocycles. The molecule has 2 aliphatic rings. The molecule has 1 aromatic carbocycles. The summed E-state index contributed by atoms with van der Waals surface area (Å²) >= 11 is 0. The molecule has 4 rings (SSSR count). The normalized spacial score (nSPS) is 19.2. The SMILES string of the molecule is C[C@H]1CN(c2ccc(CNCc3cccc4c3OCO4)cn2)CCO1. The van der Waals surface area contributed by atoms with E-state index in [0.717, 1.165) is 61.2 Å². The van der Waals surface area contributed by atoms with Crippen LogP contribution >= 0.6 is 0 Å². The quantitative estimate of drug-likeness (QED) is 0.901. The first-order chi connectivity index (χ1) is 12.3. The van der Waals surface area contributed by atoms with E-state index >= 15 is 0 Å². The summed E-state index contributed by atoms with van der Waals surface area (Å²) in [7, 11) is 0. The van der Waals surface area contributed by atoms with Crippen molar-refractivity contribution in [3.05, 3.63) is 47.7 Å². The number of fused-ring (bicyclic) bond motifs is 1. The predicted molar refractivity (Wildman–Crippen MR) is 95.0 cm³/mol. The van der Waals surface area contributed by atoms with Crippen LogP contribution in [0.5, 0.6) is 11.5 Å². The maximum atomic E-state index is 5.58. The van der Waals surface area contributed by atoms with E-state index in [4.69, 9.17) is 14.2 Å². The van der Waals surface area contributed by atoms with Gasteiger partial charge in [0.1, 0.15) is 5.82 Å². The molecule has 1 aromatic heterocycles. The second-order valence-corrected chi connectivity index (χ2v) is 6.41. The fourth-order valence-electron chi connectivity index (χ4n) is 3.21. The van der Waals surface area contributed by atoms with Gasteiger partial charge in [-0.05, 0) is 24.6 Å². The molecule has 1 fully saturated rings. The van der Waals surface area contributed by atoms with Gasteiger partial charge in [0.25, 0.3) is 0 Å². The minimum Gasteiger partial charge on any atom is -0.454 e. The molecule has 6 nitrogen and oxygen atoms in total. The Bertz CT molecular complexity index is 720. The molecule has 0 aliphatic carbocycles. The molecule has 0 saturated carbocycles. The second kappa shape index (κ2) is 7.29. The predicted octanol–water partition coefficient (Wildman–Crippen LogP) is 2.33. The van der Waals surface area contributed by atoms with Gasteiger partial charge < -0.3 is 24.4 Å². The van der Waals surface area contributed by atoms with Crippen LogP contribution in [-0.4, -0.2) is 37.6 Å². The van der Waals surface area contributed by atoms with E-state index in [1.54, 1.807) is 0 Å². The molecule has 0 radical (unpaired) electrons. The van der Waals surface area contributed by atoms with Crippen LogP contribution in [0, 0.1) is 0 Å². The topological polar surface area (TPSA) is 55.9 Å². The van der Waals surface area contributed by atoms with Crippen molar-refractivity contribution in [2.45, 2.75) is 26.1 Å². The molecule has 1 N–H and O–H groups in total. The first-order valence-electron chi connectivity index (χ1n) is 8.69. The largest absolute Gasteiger partial charge is 0.454 e. The molecule has 0 bridgehead atoms. The number of hydrogen-bond acceptors (Lipinski definition) is 6. The Balaban J connectivity index is 1.32. The fraction of sp³-hybridized carbons (Fsp3) is 0.421. The number of hydrogen-bond donors (Lipinski definition) is 1. The molecule has 1 saturated heterocycles. The van der Waals surface area contributed by atoms with Crippen LogP contribution in [-0.2, 0) is 17.8 Å². The number of morpholine rings is 1. The molecule has 0 unspecified atom stereocenters. The third-order valence-electron chi connectivity index (χ3n) is 4.50. The van der Waals surface area contributed by atoms with Crippen LogP contribution in [0.4, 0.5) is 5.82 Å². The van der Waals surface area contributed by atoms with Gasteiger partial charge in [-0.2, -0.15) is 0 Å². The van der Waals surface area contributed by atoms with E-state index in [2.05, 4.69) is 40.3 Å². The molecular weight excluding hydrogens is 318 g/mol. The molecular formula is C19H23N3O3. The molecule has 6 heteroatoms. The summed E-state index contributed by atoms with van der Waals surface area (Å²) in [5.41, 5.74) is 2.27. The van der Waals surface area contributed by atoms with Gasteiger partial charge >= 0.3 is 0 Å². The van der Waals surface area contributed by atoms with Crippen molar-refractivity contribution in [2.75, 3.05) is 31.4 Å². The number of benzene rings is 1. The van der Waals surface area contributed by atoms with Crippen molar-refractivity contribution in [3.63, 3.8) is 0 Å². The minimum atomic E-state index is 0.260. The summed E-state index contributed by atoms with van der Waals surface area (Å²) in [6.45, 7) is 6.45. The van der Waals surface area contributed by atoms with Crippen LogP contribution in [0.3, 0.4) is 0 Å². The first-order valence-corrected chi connectivity index (χ1v) is 8.69. The molecule has 25 heavy (non-hydrogen) atoms. The van der Waals surface area contributed by atoms with Gasteiger partial charge in [0, 0.05) is 37.9 Å². The monoisotopic (exact) mass is 341 g/mol. The Kier molecular flexibility index (Phi) is 4.72. The van der Waals surface area contributed by atoms with E-state index in [9.17, 15) is 0 Å². The summed E-state index contributed by atoms with van der Waals surface area (Å²) in [6.07, 6.45) is 2.20. The van der Waals surface area contributed by atoms with Gasteiger partial charge in [-0.15, -0.1) is 0 Å². The average molecular weight is 341 g/mol. The highest BCUT2D eigenvalue weighted by molar-refractivity contribution is 5.48. The van der Waals surface area contributed by atoms with Crippen LogP contribution < -0.4 is 19.7 Å². The lowest BCUT2D eigenvalue weighted by Gasteiger charge is -2.32. The van der Waals surface area contributed by atoms with E-state index in [1.165, 1.54) is 0 Å². The number of anilines is 1. The van der Waals surface area contributed by atoms with Gasteiger partial charge in [-0.25, -0.2) is 4.98 Å². The van der Waals surface area contributed by atoms with E-state index in [0.29, 0.717) is 6.79 Å². The first kappa shape index (κ1) is 16.2. The Morgan fingerprint density at radius 1 is 1.20 bits per heavy atom. The highest BCUT2D eigenvalue weighted by Crippen LogP contribution is 2.35. The lowest BCUT2D eigenvalue weighted by Crippen LogP contribution is -2.41. The minimum absolute atomic E-state index is 0.260. The number of nitrogens with zero attached hydrogens (tertiary/aromatic N) is 2. The van der Waals surface area contributed by atoms with E-state index < -0.39 is 0 Å². The Morgan fingerprint density at radius 2 is 2.16 bits per heavy atom. The van der Waals surface area contributed by atoms with Crippen LogP contribution in [0.1, 0.15) is 18.1 Å². The molecule has 3 heterocycles. The van der Waals surface area contributed by atoms with Crippen molar-refractivity contribution < 1.29 is 14.2 Å². The van der Waals surface area contributed by atoms with Gasteiger partial charge in [-0.1, -0.05) is 18.2 Å². The van der Waals surface area contributed by atoms with Crippen molar-refractivity contribution in [3.8, 4) is 11.5 Å². The molecule has 2 aromatic rings. The highest BCUT2D eigenvalue weighted by Gasteiger charge is 2.18. The second-order valence-electron chi connectivity index (χ2n) is 6.41. The molecule has 0 amide bonds. The number of para-hydroxylation sites is 1. The maximum absolute atomic E-state index is 5.58. The zero-order valence-corrected chi connectivity index (χ0v) is 14.4. The van der Waals surface area contributed by atoms with Crippen LogP contribution in [0.2, 0.25) is 0 Å². The summed E-state index contributed by atoms with van der Waals surface area (Å²) in [5, 5.41) is 3.44. The van der Waals surface area contributed by atoms with Crippen LogP contribution in [0.25, 0.3) is 0 Å². The number of nitrogens with one attached hydrogen (secondary N) is 1. The maximum Gasteiger partial charge on any atom is 0.231 e.